The number of primary amides is 1. The molecule has 0 saturated heterocycles. The molecular formula is C16H17N3O4S. The number of rotatable bonds is 7. The number of carbonyl (C=O) groups is 3. The van der Waals surface area contributed by atoms with Gasteiger partial charge in [0.15, 0.2) is 0 Å². The minimum atomic E-state index is -0.561. The largest absolute Gasteiger partial charge is 0.395 e. The lowest BCUT2D eigenvalue weighted by atomic mass is 10.1. The van der Waals surface area contributed by atoms with Crippen LogP contribution >= 0.6 is 11.3 Å². The highest BCUT2D eigenvalue weighted by Crippen LogP contribution is 2.16. The van der Waals surface area contributed by atoms with Gasteiger partial charge in [0.25, 0.3) is 17.7 Å². The maximum Gasteiger partial charge on any atom is 0.261 e. The molecule has 0 unspecified atom stereocenters. The van der Waals surface area contributed by atoms with Gasteiger partial charge in [0.05, 0.1) is 16.4 Å². The average Bonchev–Trinajstić information content (AvgIpc) is 3.08. The Labute approximate surface area is 142 Å². The predicted octanol–water partition coefficient (Wildman–Crippen LogP) is 0.499. The Balaban J connectivity index is 1.90. The van der Waals surface area contributed by atoms with E-state index in [1.165, 1.54) is 6.07 Å². The average molecular weight is 347 g/mol. The van der Waals surface area contributed by atoms with Gasteiger partial charge in [-0.05, 0) is 29.8 Å². The van der Waals surface area contributed by atoms with Gasteiger partial charge < -0.3 is 21.5 Å². The summed E-state index contributed by atoms with van der Waals surface area (Å²) in [5, 5.41) is 14.0. The van der Waals surface area contributed by atoms with Crippen LogP contribution in [0.4, 0.5) is 0 Å². The van der Waals surface area contributed by atoms with Crippen molar-refractivity contribution in [2.45, 2.75) is 6.54 Å². The molecule has 2 rings (SSSR count). The quantitative estimate of drug-likeness (QED) is 0.582. The fourth-order valence-corrected chi connectivity index (χ4v) is 2.68. The van der Waals surface area contributed by atoms with E-state index in [2.05, 4.69) is 10.6 Å². The molecule has 5 N–H and O–H groups in total. The fourth-order valence-electron chi connectivity index (χ4n) is 1.91. The standard InChI is InChI=1S/C16H17N3O4S/c17-14(21)12-5-6-13(24-12)16(23)19-9-10-1-3-11(4-2-10)15(22)18-7-8-20/h1-6,20H,7-9H2,(H2,17,21)(H,18,22)(H,19,23). The maximum atomic E-state index is 12.0. The number of aliphatic hydroxyl groups excluding tert-OH is 1. The molecule has 7 nitrogen and oxygen atoms in total. The van der Waals surface area contributed by atoms with E-state index in [0.29, 0.717) is 21.9 Å². The molecule has 1 aromatic heterocycles. The Kier molecular flexibility index (Phi) is 6.05. The molecule has 0 radical (unpaired) electrons. The Morgan fingerprint density at radius 1 is 0.958 bits per heavy atom. The summed E-state index contributed by atoms with van der Waals surface area (Å²) in [5.74, 6) is -1.12. The molecule has 0 fully saturated rings. The van der Waals surface area contributed by atoms with Crippen LogP contribution in [0.3, 0.4) is 0 Å². The van der Waals surface area contributed by atoms with Gasteiger partial charge in [0.2, 0.25) is 0 Å². The van der Waals surface area contributed by atoms with Crippen LogP contribution in [0.5, 0.6) is 0 Å². The summed E-state index contributed by atoms with van der Waals surface area (Å²) in [6.45, 7) is 0.377. The van der Waals surface area contributed by atoms with Crippen molar-refractivity contribution in [3.8, 4) is 0 Å². The van der Waals surface area contributed by atoms with Crippen molar-refractivity contribution in [2.24, 2.45) is 5.73 Å². The molecule has 24 heavy (non-hydrogen) atoms. The molecule has 126 valence electrons. The third kappa shape index (κ3) is 4.64. The lowest BCUT2D eigenvalue weighted by Crippen LogP contribution is -2.26. The first-order valence-electron chi connectivity index (χ1n) is 7.17. The zero-order valence-corrected chi connectivity index (χ0v) is 13.6. The van der Waals surface area contributed by atoms with E-state index in [4.69, 9.17) is 10.8 Å². The molecule has 0 atom stereocenters. The summed E-state index contributed by atoms with van der Waals surface area (Å²) >= 11 is 1.04. The Morgan fingerprint density at radius 3 is 2.21 bits per heavy atom. The van der Waals surface area contributed by atoms with Crippen molar-refractivity contribution in [1.82, 2.24) is 10.6 Å². The molecule has 8 heteroatoms. The highest BCUT2D eigenvalue weighted by atomic mass is 32.1. The molecule has 0 bridgehead atoms. The van der Waals surface area contributed by atoms with E-state index in [-0.39, 0.29) is 25.0 Å². The topological polar surface area (TPSA) is 122 Å². The second kappa shape index (κ2) is 8.23. The van der Waals surface area contributed by atoms with Gasteiger partial charge in [-0.2, -0.15) is 0 Å². The zero-order chi connectivity index (χ0) is 17.5. The number of benzene rings is 1. The van der Waals surface area contributed by atoms with Gasteiger partial charge in [0.1, 0.15) is 0 Å². The van der Waals surface area contributed by atoms with E-state index < -0.39 is 5.91 Å². The number of carbonyl (C=O) groups excluding carboxylic acids is 3. The second-order valence-corrected chi connectivity index (χ2v) is 5.97. The molecule has 1 heterocycles. The number of aliphatic hydroxyl groups is 1. The van der Waals surface area contributed by atoms with Gasteiger partial charge in [-0.25, -0.2) is 0 Å². The van der Waals surface area contributed by atoms with Crippen LogP contribution in [0.15, 0.2) is 36.4 Å². The molecule has 0 saturated carbocycles. The summed E-state index contributed by atoms with van der Waals surface area (Å²) in [6, 6.07) is 9.82. The Hall–Kier alpha value is -2.71. The van der Waals surface area contributed by atoms with E-state index in [1.54, 1.807) is 30.3 Å². The van der Waals surface area contributed by atoms with Crippen molar-refractivity contribution in [2.75, 3.05) is 13.2 Å². The molecule has 2 aromatic rings. The van der Waals surface area contributed by atoms with Gasteiger partial charge in [-0.3, -0.25) is 14.4 Å². The lowest BCUT2D eigenvalue weighted by Gasteiger charge is -2.06. The van der Waals surface area contributed by atoms with Gasteiger partial charge >= 0.3 is 0 Å². The minimum absolute atomic E-state index is 0.115. The Bertz CT molecular complexity index is 740. The molecule has 0 aliphatic rings. The summed E-state index contributed by atoms with van der Waals surface area (Å²) in [6.07, 6.45) is 0. The van der Waals surface area contributed by atoms with Crippen LogP contribution in [0.1, 0.15) is 35.3 Å². The highest BCUT2D eigenvalue weighted by Gasteiger charge is 2.11. The monoisotopic (exact) mass is 347 g/mol. The van der Waals surface area contributed by atoms with Crippen molar-refractivity contribution < 1.29 is 19.5 Å². The zero-order valence-electron chi connectivity index (χ0n) is 12.7. The number of nitrogens with one attached hydrogen (secondary N) is 2. The Morgan fingerprint density at radius 2 is 1.62 bits per heavy atom. The van der Waals surface area contributed by atoms with E-state index >= 15 is 0 Å². The van der Waals surface area contributed by atoms with E-state index in [0.717, 1.165) is 16.9 Å². The molecule has 0 aliphatic heterocycles. The van der Waals surface area contributed by atoms with Crippen molar-refractivity contribution in [1.29, 1.82) is 0 Å². The number of hydrogen-bond acceptors (Lipinski definition) is 5. The molecule has 1 aromatic carbocycles. The normalized spacial score (nSPS) is 10.2. The summed E-state index contributed by atoms with van der Waals surface area (Å²) < 4.78 is 0. The number of hydrogen-bond donors (Lipinski definition) is 4. The first-order valence-corrected chi connectivity index (χ1v) is 7.98. The maximum absolute atomic E-state index is 12.0. The van der Waals surface area contributed by atoms with Crippen molar-refractivity contribution in [3.63, 3.8) is 0 Å². The third-order valence-electron chi connectivity index (χ3n) is 3.14. The molecular weight excluding hydrogens is 330 g/mol. The van der Waals surface area contributed by atoms with Crippen molar-refractivity contribution in [3.05, 3.63) is 57.3 Å². The highest BCUT2D eigenvalue weighted by molar-refractivity contribution is 7.15. The van der Waals surface area contributed by atoms with Crippen LogP contribution < -0.4 is 16.4 Å². The SMILES string of the molecule is NC(=O)c1ccc(C(=O)NCc2ccc(C(=O)NCCO)cc2)s1. The first-order chi connectivity index (χ1) is 11.5. The predicted molar refractivity (Wildman–Crippen MR) is 89.9 cm³/mol. The summed E-state index contributed by atoms with van der Waals surface area (Å²) in [4.78, 5) is 35.5. The van der Waals surface area contributed by atoms with Crippen LogP contribution in [0.25, 0.3) is 0 Å². The van der Waals surface area contributed by atoms with Crippen molar-refractivity contribution >= 4 is 29.1 Å². The molecule has 0 spiro atoms. The molecule has 3 amide bonds. The minimum Gasteiger partial charge on any atom is -0.395 e. The van der Waals surface area contributed by atoms with Crippen LogP contribution in [-0.4, -0.2) is 36.0 Å². The smallest absolute Gasteiger partial charge is 0.261 e. The van der Waals surface area contributed by atoms with Gasteiger partial charge in [0, 0.05) is 18.7 Å². The second-order valence-electron chi connectivity index (χ2n) is 4.89. The van der Waals surface area contributed by atoms with Crippen LogP contribution in [0, 0.1) is 0 Å². The van der Waals surface area contributed by atoms with Gasteiger partial charge in [-0.1, -0.05) is 12.1 Å². The number of nitrogens with two attached hydrogens (primary N) is 1. The van der Waals surface area contributed by atoms with Crippen LogP contribution in [-0.2, 0) is 6.54 Å². The number of thiophene rings is 1. The third-order valence-corrected chi connectivity index (χ3v) is 4.24. The summed E-state index contributed by atoms with van der Waals surface area (Å²) in [5.41, 5.74) is 6.46. The molecule has 0 aliphatic carbocycles. The van der Waals surface area contributed by atoms with Crippen LogP contribution in [0.2, 0.25) is 0 Å². The van der Waals surface area contributed by atoms with E-state index in [9.17, 15) is 14.4 Å². The van der Waals surface area contributed by atoms with Gasteiger partial charge in [-0.15, -0.1) is 11.3 Å². The van der Waals surface area contributed by atoms with E-state index in [1.807, 2.05) is 0 Å². The fraction of sp³-hybridized carbons (Fsp3) is 0.188. The lowest BCUT2D eigenvalue weighted by molar-refractivity contribution is 0.0939. The number of amides is 3. The first kappa shape index (κ1) is 17.6. The summed E-state index contributed by atoms with van der Waals surface area (Å²) in [7, 11) is 0.